The molecule has 0 spiro atoms. The van der Waals surface area contributed by atoms with Crippen LogP contribution in [0.25, 0.3) is 0 Å². The number of rotatable bonds is 6. The standard InChI is InChI=1S/C17H16ClFO2/c1-2-3-10-21-14-7-4-12(5-8-14)17(20)15-9-6-13(18)11-16(15)19/h4-9,11H,2-3,10H2,1H3. The van der Waals surface area contributed by atoms with E-state index < -0.39 is 5.82 Å². The molecule has 0 saturated heterocycles. The average molecular weight is 307 g/mol. The Kier molecular flexibility index (Phi) is 5.34. The van der Waals surface area contributed by atoms with E-state index in [1.807, 2.05) is 0 Å². The van der Waals surface area contributed by atoms with Gasteiger partial charge in [-0.2, -0.15) is 0 Å². The van der Waals surface area contributed by atoms with Gasteiger partial charge in [0.05, 0.1) is 12.2 Å². The molecule has 0 aromatic heterocycles. The second kappa shape index (κ2) is 7.23. The highest BCUT2D eigenvalue weighted by molar-refractivity contribution is 6.30. The Morgan fingerprint density at radius 3 is 2.52 bits per heavy atom. The van der Waals surface area contributed by atoms with Crippen molar-refractivity contribution in [3.05, 3.63) is 64.4 Å². The Balaban J connectivity index is 2.12. The first-order chi connectivity index (χ1) is 10.1. The van der Waals surface area contributed by atoms with Gasteiger partial charge in [-0.1, -0.05) is 24.9 Å². The molecular weight excluding hydrogens is 291 g/mol. The van der Waals surface area contributed by atoms with Gasteiger partial charge < -0.3 is 4.74 Å². The highest BCUT2D eigenvalue weighted by atomic mass is 35.5. The molecular formula is C17H16ClFO2. The summed E-state index contributed by atoms with van der Waals surface area (Å²) in [6.45, 7) is 2.74. The van der Waals surface area contributed by atoms with Crippen LogP contribution in [0.15, 0.2) is 42.5 Å². The second-order valence-corrected chi connectivity index (χ2v) is 5.12. The Hall–Kier alpha value is -1.87. The molecule has 0 bridgehead atoms. The number of unbranched alkanes of at least 4 members (excludes halogenated alkanes) is 1. The van der Waals surface area contributed by atoms with Crippen molar-refractivity contribution < 1.29 is 13.9 Å². The number of hydrogen-bond donors (Lipinski definition) is 0. The molecule has 0 unspecified atom stereocenters. The molecule has 2 aromatic rings. The number of ether oxygens (including phenoxy) is 1. The van der Waals surface area contributed by atoms with E-state index in [-0.39, 0.29) is 16.4 Å². The summed E-state index contributed by atoms with van der Waals surface area (Å²) in [7, 11) is 0. The maximum absolute atomic E-state index is 13.7. The lowest BCUT2D eigenvalue weighted by atomic mass is 10.0. The van der Waals surface area contributed by atoms with Gasteiger partial charge in [0.25, 0.3) is 0 Å². The van der Waals surface area contributed by atoms with Crippen molar-refractivity contribution in [1.29, 1.82) is 0 Å². The minimum atomic E-state index is -0.615. The van der Waals surface area contributed by atoms with Crippen LogP contribution in [-0.4, -0.2) is 12.4 Å². The fourth-order valence-electron chi connectivity index (χ4n) is 1.87. The lowest BCUT2D eigenvalue weighted by Crippen LogP contribution is -2.04. The fraction of sp³-hybridized carbons (Fsp3) is 0.235. The molecule has 110 valence electrons. The van der Waals surface area contributed by atoms with Gasteiger partial charge in [-0.05, 0) is 48.9 Å². The van der Waals surface area contributed by atoms with E-state index in [1.54, 1.807) is 24.3 Å². The Morgan fingerprint density at radius 2 is 1.90 bits per heavy atom. The molecule has 0 heterocycles. The van der Waals surface area contributed by atoms with E-state index in [9.17, 15) is 9.18 Å². The van der Waals surface area contributed by atoms with Crippen molar-refractivity contribution in [2.24, 2.45) is 0 Å². The van der Waals surface area contributed by atoms with Crippen molar-refractivity contribution in [2.75, 3.05) is 6.61 Å². The number of halogens is 2. The van der Waals surface area contributed by atoms with Crippen LogP contribution >= 0.6 is 11.6 Å². The van der Waals surface area contributed by atoms with Crippen molar-refractivity contribution in [2.45, 2.75) is 19.8 Å². The third kappa shape index (κ3) is 4.05. The lowest BCUT2D eigenvalue weighted by molar-refractivity contribution is 0.103. The lowest BCUT2D eigenvalue weighted by Gasteiger charge is -2.07. The molecule has 0 aliphatic rings. The molecule has 2 aromatic carbocycles. The third-order valence-corrected chi connectivity index (χ3v) is 3.29. The van der Waals surface area contributed by atoms with Crippen LogP contribution in [0.3, 0.4) is 0 Å². The van der Waals surface area contributed by atoms with Gasteiger partial charge in [0.2, 0.25) is 0 Å². The zero-order chi connectivity index (χ0) is 15.2. The van der Waals surface area contributed by atoms with Gasteiger partial charge in [0.1, 0.15) is 11.6 Å². The minimum Gasteiger partial charge on any atom is -0.494 e. The highest BCUT2D eigenvalue weighted by Gasteiger charge is 2.14. The molecule has 2 rings (SSSR count). The first-order valence-electron chi connectivity index (χ1n) is 6.84. The van der Waals surface area contributed by atoms with Crippen LogP contribution in [0, 0.1) is 5.82 Å². The van der Waals surface area contributed by atoms with E-state index in [0.29, 0.717) is 17.9 Å². The summed E-state index contributed by atoms with van der Waals surface area (Å²) in [5, 5.41) is 0.267. The quantitative estimate of drug-likeness (QED) is 0.561. The number of carbonyl (C=O) groups excluding carboxylic acids is 1. The molecule has 0 atom stereocenters. The average Bonchev–Trinajstić information content (AvgIpc) is 2.48. The zero-order valence-corrected chi connectivity index (χ0v) is 12.5. The Labute approximate surface area is 128 Å². The molecule has 4 heteroatoms. The molecule has 0 amide bonds. The molecule has 2 nitrogen and oxygen atoms in total. The van der Waals surface area contributed by atoms with Crippen LogP contribution in [0.5, 0.6) is 5.75 Å². The SMILES string of the molecule is CCCCOc1ccc(C(=O)c2ccc(Cl)cc2F)cc1. The second-order valence-electron chi connectivity index (χ2n) is 4.68. The van der Waals surface area contributed by atoms with Crippen molar-refractivity contribution in [3.63, 3.8) is 0 Å². The Morgan fingerprint density at radius 1 is 1.19 bits per heavy atom. The minimum absolute atomic E-state index is 0.0130. The maximum atomic E-state index is 13.7. The summed E-state index contributed by atoms with van der Waals surface area (Å²) in [6, 6.07) is 10.7. The molecule has 0 N–H and O–H groups in total. The van der Waals surface area contributed by atoms with Crippen LogP contribution < -0.4 is 4.74 Å². The van der Waals surface area contributed by atoms with Gasteiger partial charge in [0, 0.05) is 10.6 Å². The van der Waals surface area contributed by atoms with E-state index in [4.69, 9.17) is 16.3 Å². The summed E-state index contributed by atoms with van der Waals surface area (Å²) >= 11 is 5.68. The zero-order valence-electron chi connectivity index (χ0n) is 11.7. The van der Waals surface area contributed by atoms with E-state index in [0.717, 1.165) is 18.9 Å². The molecule has 0 aliphatic carbocycles. The Bertz CT molecular complexity index is 623. The van der Waals surface area contributed by atoms with Gasteiger partial charge in [-0.3, -0.25) is 4.79 Å². The predicted octanol–water partition coefficient (Wildman–Crippen LogP) is 4.89. The van der Waals surface area contributed by atoms with Crippen LogP contribution in [0.1, 0.15) is 35.7 Å². The summed E-state index contributed by atoms with van der Waals surface area (Å²) in [4.78, 5) is 12.2. The predicted molar refractivity (Wildman–Crippen MR) is 81.7 cm³/mol. The van der Waals surface area contributed by atoms with E-state index in [1.165, 1.54) is 12.1 Å². The highest BCUT2D eigenvalue weighted by Crippen LogP contribution is 2.20. The van der Waals surface area contributed by atoms with Gasteiger partial charge in [0.15, 0.2) is 5.78 Å². The first kappa shape index (κ1) is 15.5. The van der Waals surface area contributed by atoms with Crippen molar-refractivity contribution >= 4 is 17.4 Å². The van der Waals surface area contributed by atoms with Gasteiger partial charge in [-0.25, -0.2) is 4.39 Å². The monoisotopic (exact) mass is 306 g/mol. The molecule has 0 saturated carbocycles. The van der Waals surface area contributed by atoms with Gasteiger partial charge >= 0.3 is 0 Å². The van der Waals surface area contributed by atoms with E-state index >= 15 is 0 Å². The summed E-state index contributed by atoms with van der Waals surface area (Å²) in [5.74, 6) is -0.281. The van der Waals surface area contributed by atoms with Crippen LogP contribution in [0.4, 0.5) is 4.39 Å². The van der Waals surface area contributed by atoms with Crippen LogP contribution in [0.2, 0.25) is 5.02 Å². The summed E-state index contributed by atoms with van der Waals surface area (Å²) in [5.41, 5.74) is 0.429. The third-order valence-electron chi connectivity index (χ3n) is 3.06. The van der Waals surface area contributed by atoms with Crippen LogP contribution in [-0.2, 0) is 0 Å². The largest absolute Gasteiger partial charge is 0.494 e. The summed E-state index contributed by atoms with van der Waals surface area (Å²) in [6.07, 6.45) is 2.04. The number of carbonyl (C=O) groups is 1. The van der Waals surface area contributed by atoms with Crippen molar-refractivity contribution in [3.8, 4) is 5.75 Å². The number of hydrogen-bond acceptors (Lipinski definition) is 2. The number of ketones is 1. The maximum Gasteiger partial charge on any atom is 0.195 e. The first-order valence-corrected chi connectivity index (χ1v) is 7.22. The fourth-order valence-corrected chi connectivity index (χ4v) is 2.02. The van der Waals surface area contributed by atoms with Gasteiger partial charge in [-0.15, -0.1) is 0 Å². The van der Waals surface area contributed by atoms with E-state index in [2.05, 4.69) is 6.92 Å². The molecule has 21 heavy (non-hydrogen) atoms. The summed E-state index contributed by atoms with van der Waals surface area (Å²) < 4.78 is 19.3. The smallest absolute Gasteiger partial charge is 0.195 e. The molecule has 0 fully saturated rings. The number of benzene rings is 2. The molecule has 0 aliphatic heterocycles. The molecule has 0 radical (unpaired) electrons. The normalized spacial score (nSPS) is 10.4. The van der Waals surface area contributed by atoms with Crippen molar-refractivity contribution in [1.82, 2.24) is 0 Å². The topological polar surface area (TPSA) is 26.3 Å².